The third-order valence-corrected chi connectivity index (χ3v) is 5.01. The molecule has 0 aliphatic carbocycles. The molecule has 3 rings (SSSR count). The van der Waals surface area contributed by atoms with Crippen molar-refractivity contribution in [2.45, 2.75) is 33.2 Å². The van der Waals surface area contributed by atoms with E-state index in [0.29, 0.717) is 22.5 Å². The molecular weight excluding hydrogens is 324 g/mol. The minimum absolute atomic E-state index is 0.288. The zero-order valence-electron chi connectivity index (χ0n) is 13.7. The number of fused-ring (bicyclic) bond motifs is 1. The van der Waals surface area contributed by atoms with Crippen LogP contribution in [-0.4, -0.2) is 20.6 Å². The van der Waals surface area contributed by atoms with Gasteiger partial charge in [-0.1, -0.05) is 36.8 Å². The summed E-state index contributed by atoms with van der Waals surface area (Å²) in [4.78, 5) is 29.6. The van der Waals surface area contributed by atoms with E-state index in [2.05, 4.69) is 4.98 Å². The van der Waals surface area contributed by atoms with Crippen molar-refractivity contribution in [2.24, 2.45) is 0 Å². The number of aromatic nitrogens is 2. The molecule has 0 radical (unpaired) electrons. The molecule has 1 N–H and O–H groups in total. The Balaban J connectivity index is 2.32. The van der Waals surface area contributed by atoms with Gasteiger partial charge in [0.1, 0.15) is 16.7 Å². The standard InChI is InChI=1S/C18H18N2O3S/c1-4-14-19-16-15(17(21)20(14)11(3)18(22)23)13(9-24-16)12-7-5-10(2)6-8-12/h5-9,11H,4H2,1-3H3,(H,22,23). The fourth-order valence-electron chi connectivity index (χ4n) is 2.75. The Kier molecular flexibility index (Phi) is 4.24. The second kappa shape index (κ2) is 6.20. The summed E-state index contributed by atoms with van der Waals surface area (Å²) in [7, 11) is 0. The van der Waals surface area contributed by atoms with Crippen LogP contribution in [0.15, 0.2) is 34.4 Å². The first-order valence-electron chi connectivity index (χ1n) is 7.76. The van der Waals surface area contributed by atoms with Gasteiger partial charge in [0.15, 0.2) is 0 Å². The van der Waals surface area contributed by atoms with Crippen molar-refractivity contribution in [2.75, 3.05) is 0 Å². The van der Waals surface area contributed by atoms with Gasteiger partial charge in [-0.25, -0.2) is 9.78 Å². The molecule has 24 heavy (non-hydrogen) atoms. The number of hydrogen-bond donors (Lipinski definition) is 1. The zero-order chi connectivity index (χ0) is 17.4. The van der Waals surface area contributed by atoms with Crippen molar-refractivity contribution < 1.29 is 9.90 Å². The summed E-state index contributed by atoms with van der Waals surface area (Å²) in [5.41, 5.74) is 2.59. The third kappa shape index (κ3) is 2.63. The first kappa shape index (κ1) is 16.4. The normalized spacial score (nSPS) is 12.5. The Morgan fingerprint density at radius 2 is 2.00 bits per heavy atom. The number of benzene rings is 1. The van der Waals surface area contributed by atoms with Crippen LogP contribution in [0, 0.1) is 6.92 Å². The average molecular weight is 342 g/mol. The summed E-state index contributed by atoms with van der Waals surface area (Å²) < 4.78 is 1.30. The molecule has 2 aromatic heterocycles. The molecular formula is C18H18N2O3S. The van der Waals surface area contributed by atoms with Gasteiger partial charge < -0.3 is 5.11 Å². The average Bonchev–Trinajstić information content (AvgIpc) is 2.99. The van der Waals surface area contributed by atoms with Crippen LogP contribution >= 0.6 is 11.3 Å². The van der Waals surface area contributed by atoms with Crippen LogP contribution in [0.5, 0.6) is 0 Å². The topological polar surface area (TPSA) is 72.2 Å². The van der Waals surface area contributed by atoms with Gasteiger partial charge in [-0.3, -0.25) is 9.36 Å². The van der Waals surface area contributed by atoms with E-state index in [0.717, 1.165) is 16.7 Å². The number of hydrogen-bond acceptors (Lipinski definition) is 4. The van der Waals surface area contributed by atoms with Gasteiger partial charge in [-0.05, 0) is 19.4 Å². The molecule has 0 spiro atoms. The first-order chi connectivity index (χ1) is 11.4. The minimum Gasteiger partial charge on any atom is -0.480 e. The second-order valence-corrected chi connectivity index (χ2v) is 6.62. The lowest BCUT2D eigenvalue weighted by Gasteiger charge is -2.15. The molecule has 0 aliphatic rings. The Morgan fingerprint density at radius 1 is 1.33 bits per heavy atom. The largest absolute Gasteiger partial charge is 0.480 e. The van der Waals surface area contributed by atoms with Gasteiger partial charge >= 0.3 is 5.97 Å². The van der Waals surface area contributed by atoms with Crippen LogP contribution in [0.3, 0.4) is 0 Å². The van der Waals surface area contributed by atoms with Crippen LogP contribution in [0.2, 0.25) is 0 Å². The number of rotatable bonds is 4. The van der Waals surface area contributed by atoms with E-state index in [1.165, 1.54) is 22.8 Å². The lowest BCUT2D eigenvalue weighted by molar-refractivity contribution is -0.140. The maximum Gasteiger partial charge on any atom is 0.326 e. The number of thiophene rings is 1. The highest BCUT2D eigenvalue weighted by atomic mass is 32.1. The molecule has 5 nitrogen and oxygen atoms in total. The third-order valence-electron chi connectivity index (χ3n) is 4.14. The second-order valence-electron chi connectivity index (χ2n) is 5.77. The number of aliphatic carboxylic acids is 1. The van der Waals surface area contributed by atoms with Crippen molar-refractivity contribution in [3.63, 3.8) is 0 Å². The molecule has 124 valence electrons. The summed E-state index contributed by atoms with van der Waals surface area (Å²) in [5.74, 6) is -0.542. The lowest BCUT2D eigenvalue weighted by atomic mass is 10.0. The number of carboxylic acid groups (broad SMARTS) is 1. The van der Waals surface area contributed by atoms with Crippen LogP contribution in [0.1, 0.15) is 31.3 Å². The highest BCUT2D eigenvalue weighted by molar-refractivity contribution is 7.17. The van der Waals surface area contributed by atoms with Crippen LogP contribution in [0.4, 0.5) is 0 Å². The molecule has 0 aliphatic heterocycles. The molecule has 1 atom stereocenters. The number of carbonyl (C=O) groups is 1. The quantitative estimate of drug-likeness (QED) is 0.786. The lowest BCUT2D eigenvalue weighted by Crippen LogP contribution is -2.31. The Hall–Kier alpha value is -2.47. The maximum atomic E-state index is 13.0. The molecule has 6 heteroatoms. The van der Waals surface area contributed by atoms with Gasteiger partial charge in [0.2, 0.25) is 0 Å². The Morgan fingerprint density at radius 3 is 2.58 bits per heavy atom. The van der Waals surface area contributed by atoms with Gasteiger partial charge in [0.05, 0.1) is 5.39 Å². The van der Waals surface area contributed by atoms with Gasteiger partial charge in [-0.15, -0.1) is 11.3 Å². The van der Waals surface area contributed by atoms with Crippen molar-refractivity contribution in [1.29, 1.82) is 0 Å². The monoisotopic (exact) mass is 342 g/mol. The van der Waals surface area contributed by atoms with Gasteiger partial charge in [-0.2, -0.15) is 0 Å². The molecule has 2 heterocycles. The van der Waals surface area contributed by atoms with Crippen molar-refractivity contribution >= 4 is 27.5 Å². The highest BCUT2D eigenvalue weighted by Crippen LogP contribution is 2.31. The highest BCUT2D eigenvalue weighted by Gasteiger charge is 2.22. The zero-order valence-corrected chi connectivity index (χ0v) is 14.6. The smallest absolute Gasteiger partial charge is 0.326 e. The van der Waals surface area contributed by atoms with Crippen molar-refractivity contribution in [3.8, 4) is 11.1 Å². The summed E-state index contributed by atoms with van der Waals surface area (Å²) in [6.45, 7) is 5.38. The van der Waals surface area contributed by atoms with Crippen LogP contribution in [-0.2, 0) is 11.2 Å². The van der Waals surface area contributed by atoms with E-state index in [-0.39, 0.29) is 5.56 Å². The molecule has 1 unspecified atom stereocenters. The van der Waals surface area contributed by atoms with E-state index >= 15 is 0 Å². The molecule has 0 bridgehead atoms. The SMILES string of the molecule is CCc1nc2scc(-c3ccc(C)cc3)c2c(=O)n1C(C)C(=O)O. The van der Waals surface area contributed by atoms with Gasteiger partial charge in [0.25, 0.3) is 5.56 Å². The fraction of sp³-hybridized carbons (Fsp3) is 0.278. The fourth-order valence-corrected chi connectivity index (χ4v) is 3.71. The predicted octanol–water partition coefficient (Wildman–Crippen LogP) is 3.64. The van der Waals surface area contributed by atoms with Crippen LogP contribution in [0.25, 0.3) is 21.3 Å². The predicted molar refractivity (Wildman–Crippen MR) is 95.8 cm³/mol. The van der Waals surface area contributed by atoms with Gasteiger partial charge in [0, 0.05) is 17.4 Å². The molecule has 0 saturated heterocycles. The number of aryl methyl sites for hydroxylation is 2. The molecule has 0 saturated carbocycles. The molecule has 0 amide bonds. The van der Waals surface area contributed by atoms with E-state index in [1.807, 2.05) is 43.5 Å². The molecule has 0 fully saturated rings. The van der Waals surface area contributed by atoms with Crippen molar-refractivity contribution in [1.82, 2.24) is 9.55 Å². The van der Waals surface area contributed by atoms with E-state index in [1.54, 1.807) is 0 Å². The van der Waals surface area contributed by atoms with E-state index in [4.69, 9.17) is 0 Å². The summed E-state index contributed by atoms with van der Waals surface area (Å²) in [5, 5.41) is 11.7. The Labute approximate surface area is 143 Å². The summed E-state index contributed by atoms with van der Waals surface area (Å²) in [6, 6.07) is 6.97. The van der Waals surface area contributed by atoms with Crippen molar-refractivity contribution in [3.05, 3.63) is 51.4 Å². The van der Waals surface area contributed by atoms with E-state index in [9.17, 15) is 14.7 Å². The van der Waals surface area contributed by atoms with Crippen LogP contribution < -0.4 is 5.56 Å². The Bertz CT molecular complexity index is 970. The maximum absolute atomic E-state index is 13.0. The first-order valence-corrected chi connectivity index (χ1v) is 8.64. The number of carboxylic acids is 1. The van der Waals surface area contributed by atoms with E-state index < -0.39 is 12.0 Å². The minimum atomic E-state index is -1.04. The summed E-state index contributed by atoms with van der Waals surface area (Å²) >= 11 is 1.41. The molecule has 3 aromatic rings. The number of nitrogens with zero attached hydrogens (tertiary/aromatic N) is 2. The summed E-state index contributed by atoms with van der Waals surface area (Å²) in [6.07, 6.45) is 0.501. The molecule has 1 aromatic carbocycles.